The van der Waals surface area contributed by atoms with E-state index in [2.05, 4.69) is 0 Å². The number of anilines is 1. The van der Waals surface area contributed by atoms with Crippen LogP contribution in [0, 0.1) is 0 Å². The molecular formula is C11H14N2O5S. The maximum Gasteiger partial charge on any atom is 0.321 e. The molecule has 1 aliphatic heterocycles. The Morgan fingerprint density at radius 1 is 1.37 bits per heavy atom. The third kappa shape index (κ3) is 2.36. The Morgan fingerprint density at radius 3 is 2.63 bits per heavy atom. The van der Waals surface area contributed by atoms with E-state index in [-0.39, 0.29) is 18.8 Å². The summed E-state index contributed by atoms with van der Waals surface area (Å²) in [6.07, 6.45) is 0. The number of carboxylic acid groups (broad SMARTS) is 1. The average molecular weight is 286 g/mol. The zero-order chi connectivity index (χ0) is 14.2. The second-order valence-electron chi connectivity index (χ2n) is 4.22. The monoisotopic (exact) mass is 286 g/mol. The van der Waals surface area contributed by atoms with E-state index < -0.39 is 22.2 Å². The van der Waals surface area contributed by atoms with Crippen LogP contribution >= 0.6 is 0 Å². The number of phenolic OH excluding ortho intramolecular Hbond substituents is 1. The quantitative estimate of drug-likeness (QED) is 0.829. The van der Waals surface area contributed by atoms with Gasteiger partial charge in [-0.15, -0.1) is 0 Å². The first-order valence-corrected chi connectivity index (χ1v) is 7.05. The zero-order valence-corrected chi connectivity index (χ0v) is 11.0. The fourth-order valence-electron chi connectivity index (χ4n) is 1.97. The Bertz CT molecular complexity index is 601. The van der Waals surface area contributed by atoms with E-state index in [0.29, 0.717) is 5.69 Å². The van der Waals surface area contributed by atoms with Gasteiger partial charge in [0.2, 0.25) is 0 Å². The summed E-state index contributed by atoms with van der Waals surface area (Å²) >= 11 is 0. The molecule has 1 atom stereocenters. The second-order valence-corrected chi connectivity index (χ2v) is 6.03. The first-order chi connectivity index (χ1) is 8.84. The smallest absolute Gasteiger partial charge is 0.321 e. The van der Waals surface area contributed by atoms with E-state index in [1.165, 1.54) is 25.1 Å². The summed E-state index contributed by atoms with van der Waals surface area (Å²) in [4.78, 5) is 10.9. The number of aromatic hydroxyl groups is 1. The molecule has 1 aromatic carbocycles. The number of rotatable bonds is 3. The van der Waals surface area contributed by atoms with Gasteiger partial charge in [-0.3, -0.25) is 9.10 Å². The van der Waals surface area contributed by atoms with Crippen molar-refractivity contribution in [3.05, 3.63) is 24.3 Å². The van der Waals surface area contributed by atoms with Gasteiger partial charge in [-0.1, -0.05) is 6.07 Å². The second kappa shape index (κ2) is 4.71. The third-order valence-electron chi connectivity index (χ3n) is 3.01. The number of aliphatic carboxylic acids is 1. The molecule has 0 aliphatic carbocycles. The highest BCUT2D eigenvalue weighted by Gasteiger charge is 2.41. The third-order valence-corrected chi connectivity index (χ3v) is 5.05. The summed E-state index contributed by atoms with van der Waals surface area (Å²) in [6, 6.07) is 4.72. The first-order valence-electron chi connectivity index (χ1n) is 5.65. The lowest BCUT2D eigenvalue weighted by Crippen LogP contribution is -2.42. The summed E-state index contributed by atoms with van der Waals surface area (Å²) < 4.78 is 26.5. The van der Waals surface area contributed by atoms with Crippen molar-refractivity contribution in [2.45, 2.75) is 13.0 Å². The van der Waals surface area contributed by atoms with E-state index in [1.807, 2.05) is 0 Å². The van der Waals surface area contributed by atoms with Gasteiger partial charge in [0.25, 0.3) is 0 Å². The SMILES string of the molecule is CC(C(=O)O)N1CCN(c2cccc(O)c2)S1(=O)=O. The molecule has 0 amide bonds. The number of hydrogen-bond acceptors (Lipinski definition) is 4. The number of carboxylic acids is 1. The predicted octanol–water partition coefficient (Wildman–Crippen LogP) is 0.232. The Morgan fingerprint density at radius 2 is 2.05 bits per heavy atom. The van der Waals surface area contributed by atoms with Crippen molar-refractivity contribution in [3.8, 4) is 5.75 Å². The summed E-state index contributed by atoms with van der Waals surface area (Å²) in [5.74, 6) is -1.24. The molecule has 1 heterocycles. The molecule has 0 aromatic heterocycles. The number of carbonyl (C=O) groups is 1. The molecule has 1 aliphatic rings. The van der Waals surface area contributed by atoms with Crippen LogP contribution in [0.1, 0.15) is 6.92 Å². The molecule has 0 saturated carbocycles. The van der Waals surface area contributed by atoms with Gasteiger partial charge in [0.05, 0.1) is 5.69 Å². The highest BCUT2D eigenvalue weighted by molar-refractivity contribution is 7.90. The average Bonchev–Trinajstić information content (AvgIpc) is 2.63. The number of nitrogens with zero attached hydrogens (tertiary/aromatic N) is 2. The first kappa shape index (κ1) is 13.6. The molecule has 1 unspecified atom stereocenters. The largest absolute Gasteiger partial charge is 0.508 e. The van der Waals surface area contributed by atoms with Crippen LogP contribution in [0.25, 0.3) is 0 Å². The van der Waals surface area contributed by atoms with E-state index >= 15 is 0 Å². The molecule has 8 heteroatoms. The maximum atomic E-state index is 12.3. The number of benzene rings is 1. The molecule has 104 valence electrons. The minimum atomic E-state index is -3.87. The van der Waals surface area contributed by atoms with Crippen LogP contribution in [-0.4, -0.2) is 48.0 Å². The summed E-state index contributed by atoms with van der Waals surface area (Å²) in [5.41, 5.74) is 0.320. The molecule has 0 radical (unpaired) electrons. The maximum absolute atomic E-state index is 12.3. The van der Waals surface area contributed by atoms with E-state index in [4.69, 9.17) is 5.11 Å². The molecule has 0 spiro atoms. The van der Waals surface area contributed by atoms with Crippen molar-refractivity contribution in [1.29, 1.82) is 0 Å². The predicted molar refractivity (Wildman–Crippen MR) is 68.2 cm³/mol. The molecule has 1 fully saturated rings. The normalized spacial score (nSPS) is 20.4. The minimum Gasteiger partial charge on any atom is -0.508 e. The molecule has 7 nitrogen and oxygen atoms in total. The molecule has 19 heavy (non-hydrogen) atoms. The lowest BCUT2D eigenvalue weighted by atomic mass is 10.3. The Balaban J connectivity index is 2.34. The summed E-state index contributed by atoms with van der Waals surface area (Å²) in [5, 5.41) is 18.3. The lowest BCUT2D eigenvalue weighted by molar-refractivity contribution is -0.140. The van der Waals surface area contributed by atoms with Crippen molar-refractivity contribution in [3.63, 3.8) is 0 Å². The van der Waals surface area contributed by atoms with Crippen LogP contribution in [0.5, 0.6) is 5.75 Å². The zero-order valence-electron chi connectivity index (χ0n) is 10.2. The van der Waals surface area contributed by atoms with Crippen molar-refractivity contribution in [2.75, 3.05) is 17.4 Å². The lowest BCUT2D eigenvalue weighted by Gasteiger charge is -2.22. The highest BCUT2D eigenvalue weighted by atomic mass is 32.2. The van der Waals surface area contributed by atoms with Gasteiger partial charge in [0, 0.05) is 19.2 Å². The van der Waals surface area contributed by atoms with Crippen LogP contribution in [0.4, 0.5) is 5.69 Å². The van der Waals surface area contributed by atoms with E-state index in [0.717, 1.165) is 8.61 Å². The summed E-state index contributed by atoms with van der Waals surface area (Å²) in [6.45, 7) is 1.58. The number of hydrogen-bond donors (Lipinski definition) is 2. The van der Waals surface area contributed by atoms with Crippen LogP contribution in [0.15, 0.2) is 24.3 Å². The fraction of sp³-hybridized carbons (Fsp3) is 0.364. The Hall–Kier alpha value is -1.80. The Kier molecular flexibility index (Phi) is 3.38. The molecule has 1 saturated heterocycles. The van der Waals surface area contributed by atoms with Crippen molar-refractivity contribution < 1.29 is 23.4 Å². The Labute approximate surface area is 110 Å². The highest BCUT2D eigenvalue weighted by Crippen LogP contribution is 2.28. The fourth-order valence-corrected chi connectivity index (χ4v) is 3.72. The van der Waals surface area contributed by atoms with Gasteiger partial charge < -0.3 is 10.2 Å². The van der Waals surface area contributed by atoms with Crippen molar-refractivity contribution in [1.82, 2.24) is 4.31 Å². The summed E-state index contributed by atoms with van der Waals surface area (Å²) in [7, 11) is -3.87. The van der Waals surface area contributed by atoms with Crippen molar-refractivity contribution >= 4 is 21.9 Å². The molecule has 2 rings (SSSR count). The van der Waals surface area contributed by atoms with Gasteiger partial charge in [0.1, 0.15) is 11.8 Å². The van der Waals surface area contributed by atoms with Crippen LogP contribution in [0.3, 0.4) is 0 Å². The van der Waals surface area contributed by atoms with Crippen LogP contribution in [-0.2, 0) is 15.0 Å². The van der Waals surface area contributed by atoms with Gasteiger partial charge in [-0.05, 0) is 19.1 Å². The molecular weight excluding hydrogens is 272 g/mol. The van der Waals surface area contributed by atoms with Gasteiger partial charge in [-0.2, -0.15) is 12.7 Å². The van der Waals surface area contributed by atoms with Gasteiger partial charge >= 0.3 is 16.2 Å². The van der Waals surface area contributed by atoms with E-state index in [1.54, 1.807) is 6.07 Å². The van der Waals surface area contributed by atoms with Gasteiger partial charge in [-0.25, -0.2) is 0 Å². The standard InChI is InChI=1S/C11H14N2O5S/c1-8(11(15)16)12-5-6-13(19(12,17)18)9-3-2-4-10(14)7-9/h2-4,7-8,14H,5-6H2,1H3,(H,15,16). The molecule has 0 bridgehead atoms. The van der Waals surface area contributed by atoms with Crippen LogP contribution in [0.2, 0.25) is 0 Å². The van der Waals surface area contributed by atoms with Crippen molar-refractivity contribution in [2.24, 2.45) is 0 Å². The molecule has 2 N–H and O–H groups in total. The van der Waals surface area contributed by atoms with E-state index in [9.17, 15) is 18.3 Å². The topological polar surface area (TPSA) is 98.2 Å². The number of phenols is 1. The minimum absolute atomic E-state index is 0.0440. The van der Waals surface area contributed by atoms with Gasteiger partial charge in [0.15, 0.2) is 0 Å². The molecule has 1 aromatic rings. The van der Waals surface area contributed by atoms with Crippen LogP contribution < -0.4 is 4.31 Å².